The lowest BCUT2D eigenvalue weighted by atomic mass is 10.1. The molecule has 4 rings (SSSR count). The van der Waals surface area contributed by atoms with Gasteiger partial charge in [0.15, 0.2) is 5.13 Å². The van der Waals surface area contributed by atoms with Gasteiger partial charge in [0.2, 0.25) is 5.91 Å². The molecule has 0 aliphatic carbocycles. The van der Waals surface area contributed by atoms with Gasteiger partial charge in [-0.15, -0.1) is 0 Å². The van der Waals surface area contributed by atoms with Gasteiger partial charge in [0.05, 0.1) is 22.8 Å². The largest absolute Gasteiger partial charge is 0.344 e. The van der Waals surface area contributed by atoms with Crippen LogP contribution in [0.25, 0.3) is 10.2 Å². The summed E-state index contributed by atoms with van der Waals surface area (Å²) in [5, 5.41) is 3.52. The fourth-order valence-electron chi connectivity index (χ4n) is 2.79. The number of carbonyl (C=O) groups excluding carboxylic acids is 2. The van der Waals surface area contributed by atoms with Crippen LogP contribution in [0, 0.1) is 6.92 Å². The minimum absolute atomic E-state index is 0.0342. The Bertz CT molecular complexity index is 735. The Morgan fingerprint density at radius 3 is 2.81 bits per heavy atom. The summed E-state index contributed by atoms with van der Waals surface area (Å²) in [6.07, 6.45) is 0. The molecule has 0 unspecified atom stereocenters. The predicted molar refractivity (Wildman–Crippen MR) is 80.6 cm³/mol. The van der Waals surface area contributed by atoms with E-state index in [0.717, 1.165) is 10.6 Å². The molecular weight excluding hydrogens is 288 g/mol. The number of nitrogens with zero attached hydrogens (tertiary/aromatic N) is 3. The number of rotatable bonds is 2. The first-order valence-electron chi connectivity index (χ1n) is 6.84. The van der Waals surface area contributed by atoms with Crippen molar-refractivity contribution in [3.8, 4) is 0 Å². The number of hydrogen-bond donors (Lipinski definition) is 1. The summed E-state index contributed by atoms with van der Waals surface area (Å²) in [7, 11) is 0. The van der Waals surface area contributed by atoms with Gasteiger partial charge in [0, 0.05) is 13.1 Å². The molecule has 108 valence electrons. The van der Waals surface area contributed by atoms with Gasteiger partial charge in [-0.05, 0) is 18.6 Å². The van der Waals surface area contributed by atoms with Crippen LogP contribution in [0.4, 0.5) is 9.93 Å². The van der Waals surface area contributed by atoms with Crippen LogP contribution in [0.3, 0.4) is 0 Å². The summed E-state index contributed by atoms with van der Waals surface area (Å²) >= 11 is 1.65. The van der Waals surface area contributed by atoms with E-state index in [2.05, 4.69) is 34.3 Å². The number of benzene rings is 1. The molecule has 3 amide bonds. The van der Waals surface area contributed by atoms with Crippen LogP contribution in [0.2, 0.25) is 0 Å². The number of aromatic nitrogens is 1. The summed E-state index contributed by atoms with van der Waals surface area (Å²) in [5.74, 6) is -0.134. The van der Waals surface area contributed by atoms with Crippen LogP contribution in [0.15, 0.2) is 18.2 Å². The van der Waals surface area contributed by atoms with Crippen molar-refractivity contribution in [1.82, 2.24) is 15.2 Å². The highest BCUT2D eigenvalue weighted by atomic mass is 32.1. The standard InChI is InChI=1S/C14H14N4O2S/c1-8-3-2-4-10-12(8)16-14(21-10)17-6-9(7-17)18-11(19)5-15-13(18)20/h2-4,9H,5-7H2,1H3,(H,15,20). The van der Waals surface area contributed by atoms with E-state index in [4.69, 9.17) is 0 Å². The van der Waals surface area contributed by atoms with E-state index < -0.39 is 0 Å². The summed E-state index contributed by atoms with van der Waals surface area (Å²) in [4.78, 5) is 31.4. The van der Waals surface area contributed by atoms with E-state index >= 15 is 0 Å². The Labute approximate surface area is 125 Å². The van der Waals surface area contributed by atoms with Gasteiger partial charge in [0.1, 0.15) is 0 Å². The Balaban J connectivity index is 1.53. The zero-order chi connectivity index (χ0) is 14.6. The van der Waals surface area contributed by atoms with Crippen molar-refractivity contribution in [2.24, 2.45) is 0 Å². The molecule has 2 aliphatic rings. The fourth-order valence-corrected chi connectivity index (χ4v) is 3.85. The van der Waals surface area contributed by atoms with Crippen molar-refractivity contribution >= 4 is 38.6 Å². The van der Waals surface area contributed by atoms with Gasteiger partial charge >= 0.3 is 6.03 Å². The molecule has 0 atom stereocenters. The number of anilines is 1. The lowest BCUT2D eigenvalue weighted by Gasteiger charge is -2.42. The zero-order valence-corrected chi connectivity index (χ0v) is 12.3. The van der Waals surface area contributed by atoms with Gasteiger partial charge in [-0.1, -0.05) is 23.5 Å². The maximum absolute atomic E-state index is 11.7. The number of nitrogens with one attached hydrogen (secondary N) is 1. The van der Waals surface area contributed by atoms with Crippen LogP contribution in [0.5, 0.6) is 0 Å². The van der Waals surface area contributed by atoms with Crippen LogP contribution >= 0.6 is 11.3 Å². The summed E-state index contributed by atoms with van der Waals surface area (Å²) in [6.45, 7) is 3.50. The van der Waals surface area contributed by atoms with Crippen LogP contribution < -0.4 is 10.2 Å². The Morgan fingerprint density at radius 2 is 2.14 bits per heavy atom. The molecule has 2 saturated heterocycles. The lowest BCUT2D eigenvalue weighted by molar-refractivity contribution is -0.126. The van der Waals surface area contributed by atoms with Crippen LogP contribution in [-0.2, 0) is 4.79 Å². The number of carbonyl (C=O) groups is 2. The highest BCUT2D eigenvalue weighted by molar-refractivity contribution is 7.22. The van der Waals surface area contributed by atoms with E-state index in [-0.39, 0.29) is 24.5 Å². The molecular formula is C14H14N4O2S. The molecule has 21 heavy (non-hydrogen) atoms. The van der Waals surface area contributed by atoms with Gasteiger partial charge in [-0.2, -0.15) is 0 Å². The second-order valence-corrected chi connectivity index (χ2v) is 6.41. The van der Waals surface area contributed by atoms with Crippen molar-refractivity contribution < 1.29 is 9.59 Å². The van der Waals surface area contributed by atoms with Crippen molar-refractivity contribution in [2.45, 2.75) is 13.0 Å². The summed E-state index contributed by atoms with van der Waals surface area (Å²) < 4.78 is 1.17. The summed E-state index contributed by atoms with van der Waals surface area (Å²) in [6, 6.07) is 5.85. The van der Waals surface area contributed by atoms with Crippen molar-refractivity contribution in [3.63, 3.8) is 0 Å². The number of para-hydroxylation sites is 1. The first-order valence-corrected chi connectivity index (χ1v) is 7.66. The maximum Gasteiger partial charge on any atom is 0.324 e. The van der Waals surface area contributed by atoms with Crippen molar-refractivity contribution in [1.29, 1.82) is 0 Å². The number of thiazole rings is 1. The average Bonchev–Trinajstić information content (AvgIpc) is 2.96. The van der Waals surface area contributed by atoms with E-state index in [1.54, 1.807) is 11.3 Å². The van der Waals surface area contributed by atoms with E-state index in [1.165, 1.54) is 15.2 Å². The molecule has 1 aromatic carbocycles. The first-order chi connectivity index (χ1) is 10.1. The molecule has 0 radical (unpaired) electrons. The Morgan fingerprint density at radius 1 is 1.33 bits per heavy atom. The number of amides is 3. The second kappa shape index (κ2) is 4.42. The van der Waals surface area contributed by atoms with Crippen LogP contribution in [-0.4, -0.2) is 47.5 Å². The molecule has 7 heteroatoms. The quantitative estimate of drug-likeness (QED) is 0.850. The fraction of sp³-hybridized carbons (Fsp3) is 0.357. The molecule has 3 heterocycles. The number of hydrogen-bond acceptors (Lipinski definition) is 5. The van der Waals surface area contributed by atoms with Gasteiger partial charge < -0.3 is 10.2 Å². The SMILES string of the molecule is Cc1cccc2sc(N3CC(N4C(=O)CNC4=O)C3)nc12. The molecule has 6 nitrogen and oxygen atoms in total. The normalized spacial score (nSPS) is 19.3. The minimum Gasteiger partial charge on any atom is -0.344 e. The third-order valence-electron chi connectivity index (χ3n) is 3.99. The zero-order valence-electron chi connectivity index (χ0n) is 11.5. The summed E-state index contributed by atoms with van der Waals surface area (Å²) in [5.41, 5.74) is 2.21. The topological polar surface area (TPSA) is 65.5 Å². The molecule has 0 spiro atoms. The minimum atomic E-state index is -0.273. The average molecular weight is 302 g/mol. The number of fused-ring (bicyclic) bond motifs is 1. The Kier molecular flexibility index (Phi) is 2.65. The molecule has 2 fully saturated rings. The highest BCUT2D eigenvalue weighted by Gasteiger charge is 2.42. The maximum atomic E-state index is 11.7. The number of urea groups is 1. The van der Waals surface area contributed by atoms with Gasteiger partial charge in [0.25, 0.3) is 0 Å². The third-order valence-corrected chi connectivity index (χ3v) is 5.07. The molecule has 2 aromatic rings. The predicted octanol–water partition coefficient (Wildman–Crippen LogP) is 1.35. The van der Waals surface area contributed by atoms with Gasteiger partial charge in [-0.3, -0.25) is 9.69 Å². The number of aryl methyl sites for hydroxylation is 1. The highest BCUT2D eigenvalue weighted by Crippen LogP contribution is 2.33. The molecule has 0 bridgehead atoms. The Hall–Kier alpha value is -2.15. The van der Waals surface area contributed by atoms with E-state index in [1.807, 2.05) is 6.07 Å². The number of imide groups is 1. The first kappa shape index (κ1) is 12.6. The lowest BCUT2D eigenvalue weighted by Crippen LogP contribution is -2.61. The van der Waals surface area contributed by atoms with Crippen LogP contribution in [0.1, 0.15) is 5.56 Å². The second-order valence-electron chi connectivity index (χ2n) is 5.40. The van der Waals surface area contributed by atoms with Crippen molar-refractivity contribution in [2.75, 3.05) is 24.5 Å². The molecule has 0 saturated carbocycles. The smallest absolute Gasteiger partial charge is 0.324 e. The third kappa shape index (κ3) is 1.88. The van der Waals surface area contributed by atoms with E-state index in [0.29, 0.717) is 13.1 Å². The van der Waals surface area contributed by atoms with Crippen molar-refractivity contribution in [3.05, 3.63) is 23.8 Å². The molecule has 1 aromatic heterocycles. The van der Waals surface area contributed by atoms with Gasteiger partial charge in [-0.25, -0.2) is 9.78 Å². The van der Waals surface area contributed by atoms with E-state index in [9.17, 15) is 9.59 Å². The monoisotopic (exact) mass is 302 g/mol. The molecule has 1 N–H and O–H groups in total. The molecule has 2 aliphatic heterocycles.